The first-order valence-electron chi connectivity index (χ1n) is 8.49. The molecule has 24 heavy (non-hydrogen) atoms. The van der Waals surface area contributed by atoms with Crippen LogP contribution in [-0.4, -0.2) is 41.9 Å². The molecule has 0 saturated carbocycles. The van der Waals surface area contributed by atoms with Crippen LogP contribution in [0.5, 0.6) is 0 Å². The fourth-order valence-electron chi connectivity index (χ4n) is 3.37. The van der Waals surface area contributed by atoms with Gasteiger partial charge in [0.05, 0.1) is 0 Å². The summed E-state index contributed by atoms with van der Waals surface area (Å²) in [5.41, 5.74) is 2.26. The number of likely N-dealkylation sites (tertiary alicyclic amines) is 1. The maximum atomic E-state index is 12.5. The fraction of sp³-hybridized carbons (Fsp3) is 0.556. The number of hydrogen-bond acceptors (Lipinski definition) is 3. The second kappa shape index (κ2) is 8.49. The Balaban J connectivity index is 0.00000208. The SMILES string of the molecule is Cc1ccc(CN2C(=O)CCC2C(=O)NCC2CCCN2)cc1.Cl. The van der Waals surface area contributed by atoms with Crippen LogP contribution < -0.4 is 10.6 Å². The molecule has 132 valence electrons. The second-order valence-corrected chi connectivity index (χ2v) is 6.60. The van der Waals surface area contributed by atoms with Crippen molar-refractivity contribution in [2.45, 2.75) is 51.2 Å². The molecular formula is C18H26ClN3O2. The van der Waals surface area contributed by atoms with Crippen LogP contribution in [0, 0.1) is 6.92 Å². The Hall–Kier alpha value is -1.59. The standard InChI is InChI=1S/C18H25N3O2.ClH/c1-13-4-6-14(7-5-13)12-21-16(8-9-17(21)22)18(23)20-11-15-3-2-10-19-15;/h4-7,15-16,19H,2-3,8-12H2,1H3,(H,20,23);1H. The third-order valence-electron chi connectivity index (χ3n) is 4.79. The van der Waals surface area contributed by atoms with Gasteiger partial charge in [-0.2, -0.15) is 0 Å². The summed E-state index contributed by atoms with van der Waals surface area (Å²) in [5.74, 6) is 0.0568. The molecule has 5 nitrogen and oxygen atoms in total. The summed E-state index contributed by atoms with van der Waals surface area (Å²) in [5, 5.41) is 6.39. The van der Waals surface area contributed by atoms with Gasteiger partial charge in [0.1, 0.15) is 6.04 Å². The number of amides is 2. The number of aryl methyl sites for hydroxylation is 1. The summed E-state index contributed by atoms with van der Waals surface area (Å²) in [6, 6.07) is 8.18. The van der Waals surface area contributed by atoms with Crippen LogP contribution >= 0.6 is 12.4 Å². The summed E-state index contributed by atoms with van der Waals surface area (Å²) >= 11 is 0. The number of nitrogens with zero attached hydrogens (tertiary/aromatic N) is 1. The average Bonchev–Trinajstić information content (AvgIpc) is 3.18. The van der Waals surface area contributed by atoms with E-state index in [4.69, 9.17) is 0 Å². The molecule has 2 aliphatic heterocycles. The van der Waals surface area contributed by atoms with Crippen molar-refractivity contribution in [3.63, 3.8) is 0 Å². The Morgan fingerprint density at radius 1 is 1.29 bits per heavy atom. The van der Waals surface area contributed by atoms with E-state index in [1.807, 2.05) is 31.2 Å². The predicted octanol–water partition coefficient (Wildman–Crippen LogP) is 1.78. The van der Waals surface area contributed by atoms with Crippen molar-refractivity contribution in [1.82, 2.24) is 15.5 Å². The van der Waals surface area contributed by atoms with Crippen LogP contribution in [-0.2, 0) is 16.1 Å². The zero-order valence-corrected chi connectivity index (χ0v) is 14.9. The molecule has 2 heterocycles. The molecule has 1 aromatic carbocycles. The van der Waals surface area contributed by atoms with Crippen molar-refractivity contribution < 1.29 is 9.59 Å². The van der Waals surface area contributed by atoms with Gasteiger partial charge in [-0.05, 0) is 38.3 Å². The van der Waals surface area contributed by atoms with E-state index in [0.717, 1.165) is 18.5 Å². The lowest BCUT2D eigenvalue weighted by molar-refractivity contribution is -0.135. The highest BCUT2D eigenvalue weighted by Crippen LogP contribution is 2.22. The fourth-order valence-corrected chi connectivity index (χ4v) is 3.37. The molecule has 0 spiro atoms. The van der Waals surface area contributed by atoms with E-state index in [-0.39, 0.29) is 30.3 Å². The highest BCUT2D eigenvalue weighted by atomic mass is 35.5. The lowest BCUT2D eigenvalue weighted by Gasteiger charge is -2.25. The van der Waals surface area contributed by atoms with Gasteiger partial charge in [0.15, 0.2) is 0 Å². The number of carbonyl (C=O) groups is 2. The molecule has 1 aromatic rings. The first-order valence-corrected chi connectivity index (χ1v) is 8.49. The van der Waals surface area contributed by atoms with E-state index >= 15 is 0 Å². The van der Waals surface area contributed by atoms with Crippen LogP contribution in [0.25, 0.3) is 0 Å². The molecule has 2 N–H and O–H groups in total. The van der Waals surface area contributed by atoms with Crippen molar-refractivity contribution in [2.75, 3.05) is 13.1 Å². The minimum atomic E-state index is -0.329. The Kier molecular flexibility index (Phi) is 6.63. The molecule has 2 unspecified atom stereocenters. The first-order chi connectivity index (χ1) is 11.1. The van der Waals surface area contributed by atoms with E-state index in [0.29, 0.717) is 32.0 Å². The first kappa shape index (κ1) is 18.7. The van der Waals surface area contributed by atoms with Gasteiger partial charge >= 0.3 is 0 Å². The van der Waals surface area contributed by atoms with E-state index in [2.05, 4.69) is 10.6 Å². The molecule has 2 saturated heterocycles. The molecule has 3 rings (SSSR count). The lowest BCUT2D eigenvalue weighted by atomic mass is 10.1. The molecule has 2 atom stereocenters. The predicted molar refractivity (Wildman–Crippen MR) is 96.0 cm³/mol. The number of halogens is 1. The van der Waals surface area contributed by atoms with Gasteiger partial charge in [-0.15, -0.1) is 12.4 Å². The highest BCUT2D eigenvalue weighted by molar-refractivity contribution is 5.90. The van der Waals surface area contributed by atoms with Crippen LogP contribution in [0.3, 0.4) is 0 Å². The maximum absolute atomic E-state index is 12.5. The Morgan fingerprint density at radius 2 is 2.04 bits per heavy atom. The second-order valence-electron chi connectivity index (χ2n) is 6.60. The number of carbonyl (C=O) groups excluding carboxylic acids is 2. The zero-order chi connectivity index (χ0) is 16.2. The Labute approximate surface area is 149 Å². The lowest BCUT2D eigenvalue weighted by Crippen LogP contribution is -2.47. The van der Waals surface area contributed by atoms with Crippen molar-refractivity contribution in [1.29, 1.82) is 0 Å². The van der Waals surface area contributed by atoms with Crippen LogP contribution in [0.4, 0.5) is 0 Å². The van der Waals surface area contributed by atoms with Crippen molar-refractivity contribution in [3.8, 4) is 0 Å². The third-order valence-corrected chi connectivity index (χ3v) is 4.79. The van der Waals surface area contributed by atoms with Gasteiger partial charge in [-0.25, -0.2) is 0 Å². The molecule has 2 fully saturated rings. The van der Waals surface area contributed by atoms with Gasteiger partial charge in [0, 0.05) is 25.6 Å². The molecule has 2 aliphatic rings. The van der Waals surface area contributed by atoms with Gasteiger partial charge in [-0.3, -0.25) is 9.59 Å². The number of nitrogens with one attached hydrogen (secondary N) is 2. The summed E-state index contributed by atoms with van der Waals surface area (Å²) < 4.78 is 0. The minimum Gasteiger partial charge on any atom is -0.353 e. The van der Waals surface area contributed by atoms with Crippen LogP contribution in [0.2, 0.25) is 0 Å². The summed E-state index contributed by atoms with van der Waals surface area (Å²) in [4.78, 5) is 26.3. The molecule has 2 amide bonds. The molecule has 0 aromatic heterocycles. The molecule has 0 bridgehead atoms. The molecule has 0 aliphatic carbocycles. The van der Waals surface area contributed by atoms with Crippen molar-refractivity contribution in [2.24, 2.45) is 0 Å². The number of hydrogen-bond donors (Lipinski definition) is 2. The average molecular weight is 352 g/mol. The van der Waals surface area contributed by atoms with Crippen molar-refractivity contribution >= 4 is 24.2 Å². The van der Waals surface area contributed by atoms with Crippen molar-refractivity contribution in [3.05, 3.63) is 35.4 Å². The monoisotopic (exact) mass is 351 g/mol. The van der Waals surface area contributed by atoms with Crippen LogP contribution in [0.15, 0.2) is 24.3 Å². The largest absolute Gasteiger partial charge is 0.353 e. The van der Waals surface area contributed by atoms with E-state index in [1.165, 1.54) is 12.0 Å². The molecule has 0 radical (unpaired) electrons. The minimum absolute atomic E-state index is 0. The molecular weight excluding hydrogens is 326 g/mol. The summed E-state index contributed by atoms with van der Waals surface area (Å²) in [6.07, 6.45) is 3.36. The summed E-state index contributed by atoms with van der Waals surface area (Å²) in [6.45, 7) is 4.24. The van der Waals surface area contributed by atoms with Crippen LogP contribution in [0.1, 0.15) is 36.8 Å². The highest BCUT2D eigenvalue weighted by Gasteiger charge is 2.36. The Morgan fingerprint density at radius 3 is 2.71 bits per heavy atom. The maximum Gasteiger partial charge on any atom is 0.242 e. The topological polar surface area (TPSA) is 61.4 Å². The Bertz CT molecular complexity index is 570. The van der Waals surface area contributed by atoms with Gasteiger partial charge in [0.25, 0.3) is 0 Å². The molecule has 6 heteroatoms. The van der Waals surface area contributed by atoms with E-state index in [9.17, 15) is 9.59 Å². The third kappa shape index (κ3) is 4.48. The van der Waals surface area contributed by atoms with Gasteiger partial charge in [-0.1, -0.05) is 29.8 Å². The normalized spacial score (nSPS) is 23.2. The van der Waals surface area contributed by atoms with E-state index < -0.39 is 0 Å². The quantitative estimate of drug-likeness (QED) is 0.850. The number of benzene rings is 1. The summed E-state index contributed by atoms with van der Waals surface area (Å²) in [7, 11) is 0. The van der Waals surface area contributed by atoms with Gasteiger partial charge in [0.2, 0.25) is 11.8 Å². The van der Waals surface area contributed by atoms with Gasteiger partial charge < -0.3 is 15.5 Å². The zero-order valence-electron chi connectivity index (χ0n) is 14.1. The number of rotatable bonds is 5. The van der Waals surface area contributed by atoms with E-state index in [1.54, 1.807) is 4.90 Å². The smallest absolute Gasteiger partial charge is 0.242 e.